The Bertz CT molecular complexity index is 728. The average Bonchev–Trinajstić information content (AvgIpc) is 2.99. The van der Waals surface area contributed by atoms with Crippen LogP contribution in [0.3, 0.4) is 0 Å². The van der Waals surface area contributed by atoms with Gasteiger partial charge in [0, 0.05) is 36.2 Å². The molecule has 1 aromatic heterocycles. The van der Waals surface area contributed by atoms with Crippen molar-refractivity contribution in [2.45, 2.75) is 31.8 Å². The van der Waals surface area contributed by atoms with Gasteiger partial charge in [-0.25, -0.2) is 0 Å². The first-order valence-corrected chi connectivity index (χ1v) is 8.64. The highest BCUT2D eigenvalue weighted by molar-refractivity contribution is 7.13. The monoisotopic (exact) mass is 316 g/mol. The fourth-order valence-corrected chi connectivity index (χ4v) is 4.72. The van der Waals surface area contributed by atoms with Crippen molar-refractivity contribution in [1.82, 2.24) is 14.6 Å². The van der Waals surface area contributed by atoms with E-state index in [9.17, 15) is 4.79 Å². The van der Waals surface area contributed by atoms with Crippen LogP contribution in [0.25, 0.3) is 10.1 Å². The van der Waals surface area contributed by atoms with Crippen LogP contribution in [-0.4, -0.2) is 40.4 Å². The van der Waals surface area contributed by atoms with E-state index < -0.39 is 0 Å². The summed E-state index contributed by atoms with van der Waals surface area (Å²) in [5.41, 5.74) is 7.02. The molecule has 3 N–H and O–H groups in total. The van der Waals surface area contributed by atoms with Gasteiger partial charge in [-0.05, 0) is 48.5 Å². The standard InChI is InChI=1S/C16H20N4OS/c1-2-10-12(8-20-6-5-13(10)20)18-16(21)15-11-4-3-9(17)7-14(11)22-19-15/h3-4,7,10,12-13H,2,5-6,8,17H2,1H3,(H,18,21)/t10?,12-,13?/m0/s1. The second kappa shape index (κ2) is 5.21. The molecule has 0 aliphatic carbocycles. The predicted octanol–water partition coefficient (Wildman–Crippen LogP) is 2.09. The largest absolute Gasteiger partial charge is 0.399 e. The Hall–Kier alpha value is -1.66. The zero-order chi connectivity index (χ0) is 15.3. The van der Waals surface area contributed by atoms with E-state index in [1.807, 2.05) is 18.2 Å². The third-order valence-corrected chi connectivity index (χ3v) is 5.93. The lowest BCUT2D eigenvalue weighted by Gasteiger charge is -2.37. The van der Waals surface area contributed by atoms with Crippen LogP contribution < -0.4 is 11.1 Å². The summed E-state index contributed by atoms with van der Waals surface area (Å²) in [5.74, 6) is 0.514. The minimum atomic E-state index is -0.0537. The van der Waals surface area contributed by atoms with E-state index >= 15 is 0 Å². The summed E-state index contributed by atoms with van der Waals surface area (Å²) >= 11 is 1.33. The number of rotatable bonds is 3. The van der Waals surface area contributed by atoms with Crippen molar-refractivity contribution in [1.29, 1.82) is 0 Å². The molecule has 0 bridgehead atoms. The van der Waals surface area contributed by atoms with Gasteiger partial charge in [-0.3, -0.25) is 9.69 Å². The molecule has 116 valence electrons. The quantitative estimate of drug-likeness (QED) is 0.851. The summed E-state index contributed by atoms with van der Waals surface area (Å²) < 4.78 is 5.31. The molecule has 2 fully saturated rings. The van der Waals surface area contributed by atoms with E-state index in [1.54, 1.807) is 0 Å². The van der Waals surface area contributed by atoms with E-state index in [-0.39, 0.29) is 11.9 Å². The second-order valence-corrected chi connectivity index (χ2v) is 7.09. The van der Waals surface area contributed by atoms with E-state index in [0.29, 0.717) is 23.3 Å². The highest BCUT2D eigenvalue weighted by atomic mass is 32.1. The molecule has 6 heteroatoms. The fraction of sp³-hybridized carbons (Fsp3) is 0.500. The average molecular weight is 316 g/mol. The van der Waals surface area contributed by atoms with Crippen molar-refractivity contribution in [3.63, 3.8) is 0 Å². The lowest BCUT2D eigenvalue weighted by Crippen LogP contribution is -2.45. The number of fused-ring (bicyclic) bond motifs is 2. The number of carbonyl (C=O) groups excluding carboxylic acids is 1. The third-order valence-electron chi connectivity index (χ3n) is 5.12. The van der Waals surface area contributed by atoms with E-state index in [1.165, 1.54) is 24.5 Å². The van der Waals surface area contributed by atoms with Gasteiger partial charge < -0.3 is 11.1 Å². The van der Waals surface area contributed by atoms with Crippen LogP contribution in [0, 0.1) is 5.92 Å². The highest BCUT2D eigenvalue weighted by Gasteiger charge is 2.46. The first-order valence-electron chi connectivity index (χ1n) is 7.87. The minimum Gasteiger partial charge on any atom is -0.399 e. The van der Waals surface area contributed by atoms with Crippen molar-refractivity contribution in [3.05, 3.63) is 23.9 Å². The van der Waals surface area contributed by atoms with Gasteiger partial charge in [-0.2, -0.15) is 4.37 Å². The second-order valence-electron chi connectivity index (χ2n) is 6.29. The molecule has 2 unspecified atom stereocenters. The molecule has 5 nitrogen and oxygen atoms in total. The molecule has 3 atom stereocenters. The number of carbonyl (C=O) groups is 1. The number of anilines is 1. The van der Waals surface area contributed by atoms with Crippen molar-refractivity contribution in [3.8, 4) is 0 Å². The Morgan fingerprint density at radius 2 is 2.41 bits per heavy atom. The van der Waals surface area contributed by atoms with Crippen LogP contribution in [0.2, 0.25) is 0 Å². The topological polar surface area (TPSA) is 71.2 Å². The SMILES string of the molecule is CCC1C2CCN2C[C@@H]1NC(=O)c1nsc2cc(N)ccc12. The Morgan fingerprint density at radius 3 is 3.14 bits per heavy atom. The molecule has 2 aromatic rings. The number of amides is 1. The lowest BCUT2D eigenvalue weighted by atomic mass is 9.88. The maximum Gasteiger partial charge on any atom is 0.271 e. The molecule has 2 saturated heterocycles. The van der Waals surface area contributed by atoms with Gasteiger partial charge in [0.2, 0.25) is 0 Å². The van der Waals surface area contributed by atoms with Gasteiger partial charge >= 0.3 is 0 Å². The fourth-order valence-electron chi connectivity index (χ4n) is 3.89. The lowest BCUT2D eigenvalue weighted by molar-refractivity contribution is 0.0926. The Morgan fingerprint density at radius 1 is 1.55 bits per heavy atom. The number of nitrogens with zero attached hydrogens (tertiary/aromatic N) is 2. The van der Waals surface area contributed by atoms with E-state index in [0.717, 1.165) is 23.1 Å². The Labute approximate surface area is 133 Å². The molecule has 1 aromatic carbocycles. The van der Waals surface area contributed by atoms with Crippen LogP contribution in [0.15, 0.2) is 18.2 Å². The summed E-state index contributed by atoms with van der Waals surface area (Å²) in [6.45, 7) is 4.36. The molecule has 0 spiro atoms. The molecular formula is C16H20N4OS. The van der Waals surface area contributed by atoms with Gasteiger partial charge in [0.15, 0.2) is 0 Å². The number of hydrogen-bond donors (Lipinski definition) is 2. The van der Waals surface area contributed by atoms with Gasteiger partial charge in [-0.1, -0.05) is 6.92 Å². The summed E-state index contributed by atoms with van der Waals surface area (Å²) in [6, 6.07) is 6.50. The molecule has 2 aliphatic heterocycles. The number of nitrogens with two attached hydrogens (primary N) is 1. The Kier molecular flexibility index (Phi) is 3.31. The van der Waals surface area contributed by atoms with Crippen LogP contribution in [-0.2, 0) is 0 Å². The predicted molar refractivity (Wildman–Crippen MR) is 89.0 cm³/mol. The van der Waals surface area contributed by atoms with Crippen LogP contribution in [0.4, 0.5) is 5.69 Å². The highest BCUT2D eigenvalue weighted by Crippen LogP contribution is 2.36. The normalized spacial score (nSPS) is 27.6. The third kappa shape index (κ3) is 2.09. The van der Waals surface area contributed by atoms with Crippen molar-refractivity contribution >= 4 is 33.2 Å². The first-order chi connectivity index (χ1) is 10.7. The Balaban J connectivity index is 1.56. The molecule has 2 aliphatic rings. The van der Waals surface area contributed by atoms with E-state index in [2.05, 4.69) is 21.5 Å². The molecular weight excluding hydrogens is 296 g/mol. The molecule has 22 heavy (non-hydrogen) atoms. The molecule has 0 saturated carbocycles. The molecule has 3 heterocycles. The van der Waals surface area contributed by atoms with Gasteiger partial charge in [0.1, 0.15) is 5.69 Å². The van der Waals surface area contributed by atoms with E-state index in [4.69, 9.17) is 5.73 Å². The van der Waals surface area contributed by atoms with Gasteiger partial charge in [0.05, 0.1) is 4.70 Å². The van der Waals surface area contributed by atoms with Gasteiger partial charge in [0.25, 0.3) is 5.91 Å². The van der Waals surface area contributed by atoms with Crippen LogP contribution in [0.5, 0.6) is 0 Å². The smallest absolute Gasteiger partial charge is 0.271 e. The zero-order valence-corrected chi connectivity index (χ0v) is 13.4. The summed E-state index contributed by atoms with van der Waals surface area (Å²) in [5, 5.41) is 4.12. The maximum atomic E-state index is 12.6. The maximum absolute atomic E-state index is 12.6. The van der Waals surface area contributed by atoms with Crippen LogP contribution in [0.1, 0.15) is 30.3 Å². The van der Waals surface area contributed by atoms with Crippen LogP contribution >= 0.6 is 11.5 Å². The number of nitrogens with one attached hydrogen (secondary N) is 1. The summed E-state index contributed by atoms with van der Waals surface area (Å²) in [7, 11) is 0. The number of aromatic nitrogens is 1. The summed E-state index contributed by atoms with van der Waals surface area (Å²) in [4.78, 5) is 15.1. The molecule has 4 rings (SSSR count). The molecule has 0 radical (unpaired) electrons. The van der Waals surface area contributed by atoms with Crippen molar-refractivity contribution in [2.75, 3.05) is 18.8 Å². The summed E-state index contributed by atoms with van der Waals surface area (Å²) in [6.07, 6.45) is 2.38. The zero-order valence-electron chi connectivity index (χ0n) is 12.6. The number of hydrogen-bond acceptors (Lipinski definition) is 5. The number of nitrogen functional groups attached to an aromatic ring is 1. The number of benzene rings is 1. The van der Waals surface area contributed by atoms with Crippen molar-refractivity contribution in [2.24, 2.45) is 5.92 Å². The first kappa shape index (κ1) is 14.0. The minimum absolute atomic E-state index is 0.0537. The van der Waals surface area contributed by atoms with Crippen molar-refractivity contribution < 1.29 is 4.79 Å². The molecule has 1 amide bonds. The van der Waals surface area contributed by atoms with Gasteiger partial charge in [-0.15, -0.1) is 0 Å².